The molecule has 1 amide bonds. The number of fused-ring (bicyclic) bond motifs is 1. The van der Waals surface area contributed by atoms with E-state index in [0.29, 0.717) is 13.0 Å². The molecule has 1 unspecified atom stereocenters. The average Bonchev–Trinajstić information content (AvgIpc) is 3.16. The molecule has 1 atom stereocenters. The second-order valence-corrected chi connectivity index (χ2v) is 9.49. The van der Waals surface area contributed by atoms with Gasteiger partial charge in [-0.05, 0) is 25.0 Å². The van der Waals surface area contributed by atoms with E-state index in [9.17, 15) is 13.2 Å². The van der Waals surface area contributed by atoms with Crippen molar-refractivity contribution in [1.29, 1.82) is 0 Å². The first-order chi connectivity index (χ1) is 12.0. The molecule has 25 heavy (non-hydrogen) atoms. The minimum Gasteiger partial charge on any atom is -0.338 e. The van der Waals surface area contributed by atoms with Crippen molar-refractivity contribution in [1.82, 2.24) is 14.3 Å². The molecular formula is C17H23N3O3S2. The van der Waals surface area contributed by atoms with Crippen molar-refractivity contribution in [3.63, 3.8) is 0 Å². The summed E-state index contributed by atoms with van der Waals surface area (Å²) in [4.78, 5) is 18.9. The summed E-state index contributed by atoms with van der Waals surface area (Å²) in [5, 5.41) is 0.776. The molecular weight excluding hydrogens is 358 g/mol. The maximum Gasteiger partial charge on any atom is 0.233 e. The highest BCUT2D eigenvalue weighted by Crippen LogP contribution is 2.22. The van der Waals surface area contributed by atoms with Crippen LogP contribution in [0.1, 0.15) is 26.2 Å². The van der Waals surface area contributed by atoms with Gasteiger partial charge in [0.25, 0.3) is 0 Å². The zero-order valence-electron chi connectivity index (χ0n) is 14.3. The number of carbonyl (C=O) groups is 1. The van der Waals surface area contributed by atoms with E-state index in [1.807, 2.05) is 28.8 Å². The van der Waals surface area contributed by atoms with E-state index in [2.05, 4.69) is 11.9 Å². The number of aromatic nitrogens is 2. The summed E-state index contributed by atoms with van der Waals surface area (Å²) in [5.41, 5.74) is 0.988. The normalized spacial score (nSPS) is 19.3. The number of amides is 1. The van der Waals surface area contributed by atoms with Crippen LogP contribution in [0, 0.1) is 0 Å². The molecule has 1 fully saturated rings. The van der Waals surface area contributed by atoms with Gasteiger partial charge in [0.05, 0.1) is 29.0 Å². The van der Waals surface area contributed by atoms with Crippen LogP contribution >= 0.6 is 11.8 Å². The van der Waals surface area contributed by atoms with Crippen molar-refractivity contribution in [2.24, 2.45) is 0 Å². The minimum atomic E-state index is -3.00. The smallest absolute Gasteiger partial charge is 0.233 e. The van der Waals surface area contributed by atoms with Crippen LogP contribution < -0.4 is 0 Å². The Morgan fingerprint density at radius 2 is 2.28 bits per heavy atom. The Labute approximate surface area is 152 Å². The van der Waals surface area contributed by atoms with Crippen LogP contribution in [0.15, 0.2) is 35.7 Å². The standard InChI is InChI=1S/C17H23N3O3S2/c1-2-3-8-19(15-7-10-25(22,23)13-15)16(21)12-24-17-18-11-14-6-4-5-9-20(14)17/h4-6,9,11,15H,2-3,7-8,10,12-13H2,1H3. The molecule has 0 spiro atoms. The van der Waals surface area contributed by atoms with Crippen molar-refractivity contribution in [2.75, 3.05) is 23.8 Å². The summed E-state index contributed by atoms with van der Waals surface area (Å²) in [6.07, 6.45) is 6.12. The zero-order chi connectivity index (χ0) is 17.9. The number of rotatable bonds is 7. The number of imidazole rings is 1. The van der Waals surface area contributed by atoms with Gasteiger partial charge in [-0.25, -0.2) is 13.4 Å². The van der Waals surface area contributed by atoms with E-state index in [-0.39, 0.29) is 29.2 Å². The third-order valence-electron chi connectivity index (χ3n) is 4.45. The number of sulfone groups is 1. The van der Waals surface area contributed by atoms with Gasteiger partial charge in [0.2, 0.25) is 5.91 Å². The first kappa shape index (κ1) is 18.3. The lowest BCUT2D eigenvalue weighted by atomic mass is 10.2. The first-order valence-corrected chi connectivity index (χ1v) is 11.4. The zero-order valence-corrected chi connectivity index (χ0v) is 15.9. The average molecular weight is 382 g/mol. The lowest BCUT2D eigenvalue weighted by Crippen LogP contribution is -2.42. The number of hydrogen-bond donors (Lipinski definition) is 0. The maximum absolute atomic E-state index is 12.8. The molecule has 0 N–H and O–H groups in total. The molecule has 0 aliphatic carbocycles. The molecule has 8 heteroatoms. The van der Waals surface area contributed by atoms with E-state index in [1.165, 1.54) is 11.8 Å². The van der Waals surface area contributed by atoms with Crippen LogP contribution in [0.4, 0.5) is 0 Å². The van der Waals surface area contributed by atoms with Gasteiger partial charge in [0.1, 0.15) is 0 Å². The summed E-state index contributed by atoms with van der Waals surface area (Å²) in [7, 11) is -3.00. The number of hydrogen-bond acceptors (Lipinski definition) is 5. The van der Waals surface area contributed by atoms with Crippen LogP contribution in [0.25, 0.3) is 5.52 Å². The number of nitrogens with zero attached hydrogens (tertiary/aromatic N) is 3. The van der Waals surface area contributed by atoms with Crippen LogP contribution in [0.2, 0.25) is 0 Å². The highest BCUT2D eigenvalue weighted by molar-refractivity contribution is 7.99. The van der Waals surface area contributed by atoms with Crippen LogP contribution in [0.3, 0.4) is 0 Å². The van der Waals surface area contributed by atoms with Crippen molar-refractivity contribution >= 4 is 33.0 Å². The Kier molecular flexibility index (Phi) is 5.68. The molecule has 0 saturated carbocycles. The number of pyridine rings is 1. The molecule has 3 rings (SSSR count). The topological polar surface area (TPSA) is 71.8 Å². The van der Waals surface area contributed by atoms with Crippen LogP contribution in [0.5, 0.6) is 0 Å². The Bertz CT molecular complexity index is 848. The van der Waals surface area contributed by atoms with Gasteiger partial charge in [-0.1, -0.05) is 31.2 Å². The molecule has 136 valence electrons. The largest absolute Gasteiger partial charge is 0.338 e. The Balaban J connectivity index is 1.67. The highest BCUT2D eigenvalue weighted by Gasteiger charge is 2.34. The Morgan fingerprint density at radius 1 is 1.44 bits per heavy atom. The number of carbonyl (C=O) groups excluding carboxylic acids is 1. The van der Waals surface area contributed by atoms with Gasteiger partial charge < -0.3 is 4.90 Å². The fraction of sp³-hybridized carbons (Fsp3) is 0.529. The van der Waals surface area contributed by atoms with Gasteiger partial charge in [0.15, 0.2) is 15.0 Å². The van der Waals surface area contributed by atoms with Gasteiger partial charge in [-0.2, -0.15) is 0 Å². The molecule has 0 aromatic carbocycles. The van der Waals surface area contributed by atoms with E-state index in [0.717, 1.165) is 23.5 Å². The summed E-state index contributed by atoms with van der Waals surface area (Å²) in [5.74, 6) is 0.549. The quantitative estimate of drug-likeness (QED) is 0.688. The van der Waals surface area contributed by atoms with E-state index < -0.39 is 9.84 Å². The SMILES string of the molecule is CCCCN(C(=O)CSc1ncc2ccccn12)C1CCS(=O)(=O)C1. The molecule has 1 aliphatic heterocycles. The minimum absolute atomic E-state index is 0.00627. The van der Waals surface area contributed by atoms with Crippen molar-refractivity contribution in [3.8, 4) is 0 Å². The molecule has 1 aliphatic rings. The van der Waals surface area contributed by atoms with Crippen LogP contribution in [-0.4, -0.2) is 58.5 Å². The molecule has 2 aromatic rings. The summed E-state index contributed by atoms with van der Waals surface area (Å²) >= 11 is 1.40. The van der Waals surface area contributed by atoms with Crippen molar-refractivity contribution in [2.45, 2.75) is 37.4 Å². The van der Waals surface area contributed by atoms with Crippen LogP contribution in [-0.2, 0) is 14.6 Å². The fourth-order valence-corrected chi connectivity index (χ4v) is 5.68. The van der Waals surface area contributed by atoms with E-state index in [1.54, 1.807) is 11.1 Å². The molecule has 1 saturated heterocycles. The predicted molar refractivity (Wildman–Crippen MR) is 99.6 cm³/mol. The molecule has 3 heterocycles. The van der Waals surface area contributed by atoms with Crippen molar-refractivity contribution < 1.29 is 13.2 Å². The second-order valence-electron chi connectivity index (χ2n) is 6.32. The number of unbranched alkanes of at least 4 members (excludes halogenated alkanes) is 1. The second kappa shape index (κ2) is 7.78. The van der Waals surface area contributed by atoms with Gasteiger partial charge in [0, 0.05) is 18.8 Å². The molecule has 6 nitrogen and oxygen atoms in total. The number of thioether (sulfide) groups is 1. The first-order valence-electron chi connectivity index (χ1n) is 8.55. The van der Waals surface area contributed by atoms with Crippen molar-refractivity contribution in [3.05, 3.63) is 30.6 Å². The Morgan fingerprint density at radius 3 is 3.00 bits per heavy atom. The lowest BCUT2D eigenvalue weighted by Gasteiger charge is -2.28. The lowest BCUT2D eigenvalue weighted by molar-refractivity contribution is -0.130. The predicted octanol–water partition coefficient (Wildman–Crippen LogP) is 2.24. The van der Waals surface area contributed by atoms with E-state index in [4.69, 9.17) is 0 Å². The molecule has 0 radical (unpaired) electrons. The van der Waals surface area contributed by atoms with Gasteiger partial charge >= 0.3 is 0 Å². The summed E-state index contributed by atoms with van der Waals surface area (Å²) in [6.45, 7) is 2.69. The fourth-order valence-electron chi connectivity index (χ4n) is 3.10. The monoisotopic (exact) mass is 381 g/mol. The summed E-state index contributed by atoms with van der Waals surface area (Å²) in [6, 6.07) is 5.67. The summed E-state index contributed by atoms with van der Waals surface area (Å²) < 4.78 is 25.5. The maximum atomic E-state index is 12.8. The van der Waals surface area contributed by atoms with Gasteiger partial charge in [-0.15, -0.1) is 0 Å². The third-order valence-corrected chi connectivity index (χ3v) is 7.15. The van der Waals surface area contributed by atoms with Gasteiger partial charge in [-0.3, -0.25) is 9.20 Å². The molecule has 2 aromatic heterocycles. The highest BCUT2D eigenvalue weighted by atomic mass is 32.2. The van der Waals surface area contributed by atoms with E-state index >= 15 is 0 Å². The third kappa shape index (κ3) is 4.36. The Hall–Kier alpha value is -1.54. The molecule has 0 bridgehead atoms.